The van der Waals surface area contributed by atoms with E-state index < -0.39 is 0 Å². The van der Waals surface area contributed by atoms with E-state index in [1.807, 2.05) is 42.5 Å². The average molecular weight is 458 g/mol. The second-order valence-electron chi connectivity index (χ2n) is 5.60. The second kappa shape index (κ2) is 7.89. The lowest BCUT2D eigenvalue weighted by Gasteiger charge is -2.09. The molecule has 0 radical (unpaired) electrons. The summed E-state index contributed by atoms with van der Waals surface area (Å²) in [5.41, 5.74) is 2.54. The fraction of sp³-hybridized carbons (Fsp3) is 0.0476. The van der Waals surface area contributed by atoms with Gasteiger partial charge in [0.15, 0.2) is 11.6 Å². The summed E-state index contributed by atoms with van der Waals surface area (Å²) in [6, 6.07) is 21.8. The molecule has 0 heterocycles. The number of hydrogen-bond acceptors (Lipinski definition) is 2. The van der Waals surface area contributed by atoms with Crippen molar-refractivity contribution in [3.63, 3.8) is 0 Å². The molecule has 2 nitrogen and oxygen atoms in total. The third-order valence-electron chi connectivity index (χ3n) is 3.89. The Hall–Kier alpha value is -2.04. The summed E-state index contributed by atoms with van der Waals surface area (Å²) in [6.07, 6.45) is 0.195. The maximum absolute atomic E-state index is 12.8. The van der Waals surface area contributed by atoms with Crippen molar-refractivity contribution >= 4 is 43.4 Å². The lowest BCUT2D eigenvalue weighted by Crippen LogP contribution is -2.10. The molecule has 0 aliphatic rings. The quantitative estimate of drug-likeness (QED) is 0.449. The van der Waals surface area contributed by atoms with Gasteiger partial charge in [-0.15, -0.1) is 0 Å². The molecule has 0 aliphatic heterocycles. The van der Waals surface area contributed by atoms with Gasteiger partial charge in [0.05, 0.1) is 0 Å². The van der Waals surface area contributed by atoms with E-state index in [0.29, 0.717) is 16.7 Å². The van der Waals surface area contributed by atoms with Crippen LogP contribution in [0.3, 0.4) is 0 Å². The van der Waals surface area contributed by atoms with Crippen LogP contribution < -0.4 is 0 Å². The zero-order valence-corrected chi connectivity index (χ0v) is 16.4. The lowest BCUT2D eigenvalue weighted by molar-refractivity contribution is 0.0992. The van der Waals surface area contributed by atoms with Crippen molar-refractivity contribution in [2.75, 3.05) is 0 Å². The molecule has 0 N–H and O–H groups in total. The molecule has 0 fully saturated rings. The van der Waals surface area contributed by atoms with E-state index in [0.717, 1.165) is 14.5 Å². The Balaban J connectivity index is 1.88. The van der Waals surface area contributed by atoms with Crippen LogP contribution in [0.15, 0.2) is 81.7 Å². The standard InChI is InChI=1S/C21H14Br2O2/c22-17-9-5-14(6-10-17)20(24)13-16-3-1-2-4-19(16)21(25)15-7-11-18(23)12-8-15/h1-12H,13H2. The van der Waals surface area contributed by atoms with E-state index in [1.54, 1.807) is 30.3 Å². The van der Waals surface area contributed by atoms with Crippen molar-refractivity contribution < 1.29 is 9.59 Å². The number of rotatable bonds is 5. The number of carbonyl (C=O) groups is 2. The summed E-state index contributed by atoms with van der Waals surface area (Å²) in [7, 11) is 0. The van der Waals surface area contributed by atoms with Crippen LogP contribution in [-0.4, -0.2) is 11.6 Å². The molecule has 3 aromatic rings. The Morgan fingerprint density at radius 2 is 1.20 bits per heavy atom. The molecule has 0 amide bonds. The van der Waals surface area contributed by atoms with Crippen molar-refractivity contribution in [2.45, 2.75) is 6.42 Å². The van der Waals surface area contributed by atoms with Crippen molar-refractivity contribution in [1.29, 1.82) is 0 Å². The molecule has 3 aromatic carbocycles. The van der Waals surface area contributed by atoms with Crippen LogP contribution in [0.4, 0.5) is 0 Å². The molecular weight excluding hydrogens is 444 g/mol. The molecule has 0 bridgehead atoms. The average Bonchev–Trinajstić information content (AvgIpc) is 2.63. The van der Waals surface area contributed by atoms with Crippen molar-refractivity contribution in [3.05, 3.63) is 104 Å². The van der Waals surface area contributed by atoms with E-state index in [1.165, 1.54) is 0 Å². The first-order chi connectivity index (χ1) is 12.0. The fourth-order valence-corrected chi connectivity index (χ4v) is 3.09. The van der Waals surface area contributed by atoms with Crippen molar-refractivity contribution in [1.82, 2.24) is 0 Å². The summed E-state index contributed by atoms with van der Waals surface area (Å²) in [5, 5.41) is 0. The third-order valence-corrected chi connectivity index (χ3v) is 4.94. The Morgan fingerprint density at radius 1 is 0.680 bits per heavy atom. The Kier molecular flexibility index (Phi) is 5.61. The molecule has 124 valence electrons. The molecule has 0 saturated carbocycles. The zero-order valence-electron chi connectivity index (χ0n) is 13.2. The fourth-order valence-electron chi connectivity index (χ4n) is 2.56. The maximum atomic E-state index is 12.8. The minimum Gasteiger partial charge on any atom is -0.294 e. The van der Waals surface area contributed by atoms with Crippen LogP contribution in [-0.2, 0) is 6.42 Å². The number of hydrogen-bond donors (Lipinski definition) is 0. The number of benzene rings is 3. The highest BCUT2D eigenvalue weighted by Gasteiger charge is 2.16. The van der Waals surface area contributed by atoms with Crippen LogP contribution in [0.2, 0.25) is 0 Å². The van der Waals surface area contributed by atoms with Gasteiger partial charge in [-0.3, -0.25) is 9.59 Å². The highest BCUT2D eigenvalue weighted by Crippen LogP contribution is 2.19. The first kappa shape index (κ1) is 17.8. The maximum Gasteiger partial charge on any atom is 0.193 e. The van der Waals surface area contributed by atoms with Crippen molar-refractivity contribution in [2.24, 2.45) is 0 Å². The predicted molar refractivity (Wildman–Crippen MR) is 106 cm³/mol. The Bertz CT molecular complexity index is 913. The van der Waals surface area contributed by atoms with Crippen LogP contribution >= 0.6 is 31.9 Å². The number of halogens is 2. The van der Waals surface area contributed by atoms with Crippen LogP contribution in [0.25, 0.3) is 0 Å². The Morgan fingerprint density at radius 3 is 1.80 bits per heavy atom. The van der Waals surface area contributed by atoms with Crippen LogP contribution in [0, 0.1) is 0 Å². The van der Waals surface area contributed by atoms with Crippen LogP contribution in [0.1, 0.15) is 31.8 Å². The van der Waals surface area contributed by atoms with Gasteiger partial charge in [0, 0.05) is 32.1 Å². The normalized spacial score (nSPS) is 10.5. The summed E-state index contributed by atoms with van der Waals surface area (Å²) in [4.78, 5) is 25.4. The molecule has 4 heteroatoms. The smallest absolute Gasteiger partial charge is 0.193 e. The Labute approximate surface area is 163 Å². The molecule has 25 heavy (non-hydrogen) atoms. The molecule has 0 atom stereocenters. The van der Waals surface area contributed by atoms with E-state index >= 15 is 0 Å². The highest BCUT2D eigenvalue weighted by atomic mass is 79.9. The first-order valence-electron chi connectivity index (χ1n) is 7.71. The number of Topliss-reactive ketones (excluding diaryl/α,β-unsaturated/α-hetero) is 1. The largest absolute Gasteiger partial charge is 0.294 e. The van der Waals surface area contributed by atoms with Gasteiger partial charge < -0.3 is 0 Å². The van der Waals surface area contributed by atoms with Crippen LogP contribution in [0.5, 0.6) is 0 Å². The third kappa shape index (κ3) is 4.33. The molecule has 0 spiro atoms. The van der Waals surface area contributed by atoms with Gasteiger partial charge in [0.25, 0.3) is 0 Å². The minimum absolute atomic E-state index is 0.0106. The molecule has 0 aliphatic carbocycles. The van der Waals surface area contributed by atoms with Gasteiger partial charge in [0.1, 0.15) is 0 Å². The zero-order chi connectivity index (χ0) is 17.8. The predicted octanol–water partition coefficient (Wildman–Crippen LogP) is 5.87. The molecule has 0 aromatic heterocycles. The molecule has 0 unspecified atom stereocenters. The van der Waals surface area contributed by atoms with E-state index in [9.17, 15) is 9.59 Å². The SMILES string of the molecule is O=C(Cc1ccccc1C(=O)c1ccc(Br)cc1)c1ccc(Br)cc1. The highest BCUT2D eigenvalue weighted by molar-refractivity contribution is 9.10. The topological polar surface area (TPSA) is 34.1 Å². The van der Waals surface area contributed by atoms with E-state index in [4.69, 9.17) is 0 Å². The molecular formula is C21H14Br2O2. The molecule has 0 saturated heterocycles. The molecule has 3 rings (SSSR count). The van der Waals surface area contributed by atoms with E-state index in [-0.39, 0.29) is 18.0 Å². The summed E-state index contributed by atoms with van der Waals surface area (Å²) in [6.45, 7) is 0. The number of carbonyl (C=O) groups excluding carboxylic acids is 2. The van der Waals surface area contributed by atoms with Gasteiger partial charge in [-0.2, -0.15) is 0 Å². The lowest BCUT2D eigenvalue weighted by atomic mass is 9.94. The summed E-state index contributed by atoms with van der Waals surface area (Å²) >= 11 is 6.73. The van der Waals surface area contributed by atoms with Gasteiger partial charge >= 0.3 is 0 Å². The summed E-state index contributed by atoms with van der Waals surface area (Å²) in [5.74, 6) is -0.0877. The van der Waals surface area contributed by atoms with Gasteiger partial charge in [-0.05, 0) is 42.0 Å². The number of ketones is 2. The van der Waals surface area contributed by atoms with E-state index in [2.05, 4.69) is 31.9 Å². The van der Waals surface area contributed by atoms with Gasteiger partial charge in [0.2, 0.25) is 0 Å². The second-order valence-corrected chi connectivity index (χ2v) is 7.43. The first-order valence-corrected chi connectivity index (χ1v) is 9.30. The minimum atomic E-state index is -0.0771. The monoisotopic (exact) mass is 456 g/mol. The van der Waals surface area contributed by atoms with Gasteiger partial charge in [-0.1, -0.05) is 68.3 Å². The summed E-state index contributed by atoms with van der Waals surface area (Å²) < 4.78 is 1.85. The van der Waals surface area contributed by atoms with Crippen molar-refractivity contribution in [3.8, 4) is 0 Å². The van der Waals surface area contributed by atoms with Gasteiger partial charge in [-0.25, -0.2) is 0 Å².